The van der Waals surface area contributed by atoms with Gasteiger partial charge >= 0.3 is 0 Å². The number of halogens is 3. The van der Waals surface area contributed by atoms with Crippen LogP contribution in [0.5, 0.6) is 0 Å². The smallest absolute Gasteiger partial charge is 0.238 e. The van der Waals surface area contributed by atoms with E-state index in [-0.39, 0.29) is 18.5 Å². The molecule has 0 aliphatic heterocycles. The fourth-order valence-electron chi connectivity index (χ4n) is 2.77. The summed E-state index contributed by atoms with van der Waals surface area (Å²) in [6.45, 7) is 1.47. The summed E-state index contributed by atoms with van der Waals surface area (Å²) in [5.74, 6) is -5.24. The number of hydrogen-bond donors (Lipinski definition) is 2. The summed E-state index contributed by atoms with van der Waals surface area (Å²) in [7, 11) is 1.58. The predicted molar refractivity (Wildman–Crippen MR) is 87.4 cm³/mol. The lowest BCUT2D eigenvalue weighted by Crippen LogP contribution is -2.48. The molecule has 1 saturated carbocycles. The van der Waals surface area contributed by atoms with Crippen LogP contribution in [0, 0.1) is 17.5 Å². The van der Waals surface area contributed by atoms with Gasteiger partial charge in [-0.2, -0.15) is 0 Å². The van der Waals surface area contributed by atoms with Crippen molar-refractivity contribution in [3.63, 3.8) is 0 Å². The van der Waals surface area contributed by atoms with Crippen molar-refractivity contribution in [3.8, 4) is 0 Å². The summed E-state index contributed by atoms with van der Waals surface area (Å²) in [6.07, 6.45) is 4.10. The van der Waals surface area contributed by atoms with Crippen LogP contribution in [0.4, 0.5) is 18.9 Å². The lowest BCUT2D eigenvalue weighted by Gasteiger charge is -2.25. The van der Waals surface area contributed by atoms with Crippen LogP contribution in [-0.2, 0) is 9.59 Å². The molecule has 1 fully saturated rings. The molecule has 2 N–H and O–H groups in total. The van der Waals surface area contributed by atoms with Gasteiger partial charge < -0.3 is 10.6 Å². The van der Waals surface area contributed by atoms with E-state index in [0.29, 0.717) is 0 Å². The third-order valence-corrected chi connectivity index (χ3v) is 4.44. The molecule has 2 rings (SSSR count). The minimum Gasteiger partial charge on any atom is -0.352 e. The van der Waals surface area contributed by atoms with Crippen molar-refractivity contribution < 1.29 is 22.8 Å². The highest BCUT2D eigenvalue weighted by atomic mass is 19.2. The van der Waals surface area contributed by atoms with E-state index in [1.54, 1.807) is 14.0 Å². The summed E-state index contributed by atoms with van der Waals surface area (Å²) in [6, 6.07) is 1.30. The molecule has 0 spiro atoms. The van der Waals surface area contributed by atoms with E-state index in [4.69, 9.17) is 0 Å². The van der Waals surface area contributed by atoms with Crippen LogP contribution in [0.2, 0.25) is 0 Å². The monoisotopic (exact) mass is 357 g/mol. The second-order valence-electron chi connectivity index (χ2n) is 6.35. The van der Waals surface area contributed by atoms with Gasteiger partial charge in [0.1, 0.15) is 0 Å². The number of amides is 2. The first kappa shape index (κ1) is 19.2. The fraction of sp³-hybridized carbons (Fsp3) is 0.529. The lowest BCUT2D eigenvalue weighted by molar-refractivity contribution is -0.127. The van der Waals surface area contributed by atoms with Gasteiger partial charge in [0, 0.05) is 6.04 Å². The molecule has 0 radical (unpaired) electrons. The molecule has 5 nitrogen and oxygen atoms in total. The number of benzene rings is 1. The average Bonchev–Trinajstić information content (AvgIpc) is 3.07. The molecule has 25 heavy (non-hydrogen) atoms. The lowest BCUT2D eigenvalue weighted by atomic mass is 10.2. The number of likely N-dealkylation sites (N-methyl/N-ethyl adjacent to an activating group) is 1. The Kier molecular flexibility index (Phi) is 6.41. The summed E-state index contributed by atoms with van der Waals surface area (Å²) < 4.78 is 39.6. The molecule has 0 bridgehead atoms. The van der Waals surface area contributed by atoms with E-state index >= 15 is 0 Å². The molecule has 0 heterocycles. The minimum absolute atomic E-state index is 0.175. The largest absolute Gasteiger partial charge is 0.352 e. The minimum atomic E-state index is -1.64. The molecule has 1 aliphatic carbocycles. The van der Waals surface area contributed by atoms with E-state index < -0.39 is 35.1 Å². The van der Waals surface area contributed by atoms with E-state index in [2.05, 4.69) is 10.6 Å². The van der Waals surface area contributed by atoms with Crippen molar-refractivity contribution in [1.82, 2.24) is 10.2 Å². The van der Waals surface area contributed by atoms with Crippen LogP contribution in [0.15, 0.2) is 12.1 Å². The molecule has 1 aromatic rings. The van der Waals surface area contributed by atoms with Gasteiger partial charge in [0.05, 0.1) is 18.3 Å². The summed E-state index contributed by atoms with van der Waals surface area (Å²) in [5, 5.41) is 5.12. The van der Waals surface area contributed by atoms with Crippen LogP contribution in [0.1, 0.15) is 32.6 Å². The number of carbonyl (C=O) groups excluding carboxylic acids is 2. The van der Waals surface area contributed by atoms with Crippen molar-refractivity contribution >= 4 is 17.5 Å². The topological polar surface area (TPSA) is 61.4 Å². The number of nitrogens with zero attached hydrogens (tertiary/aromatic N) is 1. The van der Waals surface area contributed by atoms with Crippen LogP contribution in [0.25, 0.3) is 0 Å². The Balaban J connectivity index is 1.88. The van der Waals surface area contributed by atoms with Gasteiger partial charge in [0.2, 0.25) is 11.8 Å². The van der Waals surface area contributed by atoms with Gasteiger partial charge in [-0.05, 0) is 38.9 Å². The highest BCUT2D eigenvalue weighted by molar-refractivity contribution is 5.93. The van der Waals surface area contributed by atoms with Gasteiger partial charge in [0.25, 0.3) is 0 Å². The van der Waals surface area contributed by atoms with Crippen LogP contribution < -0.4 is 10.6 Å². The van der Waals surface area contributed by atoms with E-state index in [1.165, 1.54) is 4.90 Å². The first-order valence-electron chi connectivity index (χ1n) is 8.23. The number of anilines is 1. The maximum absolute atomic E-state index is 13.6. The van der Waals surface area contributed by atoms with E-state index in [9.17, 15) is 22.8 Å². The summed E-state index contributed by atoms with van der Waals surface area (Å²) in [5.41, 5.74) is -0.444. The normalized spacial score (nSPS) is 16.1. The van der Waals surface area contributed by atoms with Crippen molar-refractivity contribution in [3.05, 3.63) is 29.6 Å². The third-order valence-electron chi connectivity index (χ3n) is 4.44. The Labute approximate surface area is 144 Å². The SMILES string of the molecule is C[C@@H](C(=O)NC1CCCC1)N(C)CC(=O)Nc1ccc(F)c(F)c1F. The summed E-state index contributed by atoms with van der Waals surface area (Å²) >= 11 is 0. The van der Waals surface area contributed by atoms with Gasteiger partial charge in [-0.15, -0.1) is 0 Å². The molecule has 0 aromatic heterocycles. The quantitative estimate of drug-likeness (QED) is 0.769. The first-order chi connectivity index (χ1) is 11.8. The molecule has 2 amide bonds. The predicted octanol–water partition coefficient (Wildman–Crippen LogP) is 2.42. The highest BCUT2D eigenvalue weighted by Crippen LogP contribution is 2.20. The Hall–Kier alpha value is -2.09. The van der Waals surface area contributed by atoms with Crippen molar-refractivity contribution in [1.29, 1.82) is 0 Å². The average molecular weight is 357 g/mol. The van der Waals surface area contributed by atoms with Gasteiger partial charge in [-0.25, -0.2) is 13.2 Å². The molecular formula is C17H22F3N3O2. The summed E-state index contributed by atoms with van der Waals surface area (Å²) in [4.78, 5) is 25.7. The zero-order chi connectivity index (χ0) is 18.6. The van der Waals surface area contributed by atoms with E-state index in [1.807, 2.05) is 0 Å². The van der Waals surface area contributed by atoms with Crippen molar-refractivity contribution in [2.45, 2.75) is 44.7 Å². The van der Waals surface area contributed by atoms with E-state index in [0.717, 1.165) is 37.8 Å². The zero-order valence-electron chi connectivity index (χ0n) is 14.2. The zero-order valence-corrected chi connectivity index (χ0v) is 14.2. The van der Waals surface area contributed by atoms with Gasteiger partial charge in [0.15, 0.2) is 17.5 Å². The van der Waals surface area contributed by atoms with Crippen molar-refractivity contribution in [2.75, 3.05) is 18.9 Å². The van der Waals surface area contributed by atoms with Gasteiger partial charge in [-0.3, -0.25) is 14.5 Å². The van der Waals surface area contributed by atoms with Gasteiger partial charge in [-0.1, -0.05) is 12.8 Å². The fourth-order valence-corrected chi connectivity index (χ4v) is 2.77. The number of carbonyl (C=O) groups is 2. The Morgan fingerprint density at radius 1 is 1.20 bits per heavy atom. The molecular weight excluding hydrogens is 335 g/mol. The first-order valence-corrected chi connectivity index (χ1v) is 8.23. The standard InChI is InChI=1S/C17H22F3N3O2/c1-10(17(25)21-11-5-3-4-6-11)23(2)9-14(24)22-13-8-7-12(18)15(19)16(13)20/h7-8,10-11H,3-6,9H2,1-2H3,(H,21,25)(H,22,24)/t10-/m0/s1. The number of rotatable bonds is 6. The molecule has 1 atom stereocenters. The third kappa shape index (κ3) is 4.94. The Morgan fingerprint density at radius 3 is 2.48 bits per heavy atom. The molecule has 0 saturated heterocycles. The molecule has 138 valence electrons. The maximum Gasteiger partial charge on any atom is 0.238 e. The Morgan fingerprint density at radius 2 is 1.84 bits per heavy atom. The van der Waals surface area contributed by atoms with Crippen LogP contribution in [0.3, 0.4) is 0 Å². The second-order valence-corrected chi connectivity index (χ2v) is 6.35. The molecule has 1 aromatic carbocycles. The molecule has 1 aliphatic rings. The molecule has 0 unspecified atom stereocenters. The highest BCUT2D eigenvalue weighted by Gasteiger charge is 2.24. The number of nitrogens with one attached hydrogen (secondary N) is 2. The molecule has 8 heteroatoms. The maximum atomic E-state index is 13.6. The number of hydrogen-bond acceptors (Lipinski definition) is 3. The Bertz CT molecular complexity index is 648. The van der Waals surface area contributed by atoms with Crippen LogP contribution >= 0.6 is 0 Å². The second kappa shape index (κ2) is 8.33. The van der Waals surface area contributed by atoms with Crippen LogP contribution in [-0.4, -0.2) is 42.4 Å². The van der Waals surface area contributed by atoms with Crippen molar-refractivity contribution in [2.24, 2.45) is 0 Å².